The van der Waals surface area contributed by atoms with Crippen LogP contribution in [0.4, 0.5) is 17.2 Å². The standard InChI is InChI=1S/C11H7N5O2/c12-6-8-7-13-3-2-10(8)15-11-5-9(16(17)18)1-4-14-11/h1-5,7H,(H,13,14,15). The number of nitro groups is 1. The predicted octanol–water partition coefficient (Wildman–Crippen LogP) is 2.00. The Morgan fingerprint density at radius 1 is 1.39 bits per heavy atom. The van der Waals surface area contributed by atoms with Gasteiger partial charge in [0.15, 0.2) is 0 Å². The van der Waals surface area contributed by atoms with E-state index in [-0.39, 0.29) is 5.69 Å². The number of rotatable bonds is 3. The van der Waals surface area contributed by atoms with E-state index in [0.717, 1.165) is 0 Å². The highest BCUT2D eigenvalue weighted by atomic mass is 16.6. The van der Waals surface area contributed by atoms with Gasteiger partial charge in [0.25, 0.3) is 5.69 Å². The molecule has 0 aliphatic heterocycles. The summed E-state index contributed by atoms with van der Waals surface area (Å²) in [5, 5.41) is 22.3. The van der Waals surface area contributed by atoms with Crippen LogP contribution in [-0.4, -0.2) is 14.9 Å². The summed E-state index contributed by atoms with van der Waals surface area (Å²) in [6.45, 7) is 0. The molecule has 0 saturated carbocycles. The van der Waals surface area contributed by atoms with Gasteiger partial charge in [-0.2, -0.15) is 5.26 Å². The molecule has 2 aromatic rings. The van der Waals surface area contributed by atoms with E-state index in [1.807, 2.05) is 6.07 Å². The molecule has 88 valence electrons. The highest BCUT2D eigenvalue weighted by Crippen LogP contribution is 2.20. The molecule has 0 fully saturated rings. The van der Waals surface area contributed by atoms with Gasteiger partial charge in [-0.1, -0.05) is 0 Å². The van der Waals surface area contributed by atoms with E-state index >= 15 is 0 Å². The molecule has 0 amide bonds. The second-order valence-corrected chi connectivity index (χ2v) is 3.31. The van der Waals surface area contributed by atoms with Gasteiger partial charge in [0, 0.05) is 24.7 Å². The molecule has 7 nitrogen and oxygen atoms in total. The SMILES string of the molecule is N#Cc1cnccc1Nc1cc([N+](=O)[O-])ccn1. The first-order chi connectivity index (χ1) is 8.70. The maximum Gasteiger partial charge on any atom is 0.274 e. The van der Waals surface area contributed by atoms with Crippen LogP contribution in [0.15, 0.2) is 36.8 Å². The van der Waals surface area contributed by atoms with Crippen LogP contribution < -0.4 is 5.32 Å². The summed E-state index contributed by atoms with van der Waals surface area (Å²) in [7, 11) is 0. The molecule has 2 heterocycles. The lowest BCUT2D eigenvalue weighted by molar-refractivity contribution is -0.384. The Hall–Kier alpha value is -3.01. The van der Waals surface area contributed by atoms with Crippen molar-refractivity contribution in [2.75, 3.05) is 5.32 Å². The van der Waals surface area contributed by atoms with Gasteiger partial charge in [-0.3, -0.25) is 15.1 Å². The number of nitriles is 1. The summed E-state index contributed by atoms with van der Waals surface area (Å²) >= 11 is 0. The number of nitrogens with one attached hydrogen (secondary N) is 1. The van der Waals surface area contributed by atoms with Gasteiger partial charge in [0.2, 0.25) is 0 Å². The van der Waals surface area contributed by atoms with Crippen LogP contribution in [0.5, 0.6) is 0 Å². The largest absolute Gasteiger partial charge is 0.339 e. The van der Waals surface area contributed by atoms with Gasteiger partial charge in [-0.15, -0.1) is 0 Å². The topological polar surface area (TPSA) is 105 Å². The Kier molecular flexibility index (Phi) is 3.11. The average molecular weight is 241 g/mol. The molecule has 0 radical (unpaired) electrons. The Morgan fingerprint density at radius 3 is 2.94 bits per heavy atom. The second kappa shape index (κ2) is 4.88. The first-order valence-electron chi connectivity index (χ1n) is 4.92. The van der Waals surface area contributed by atoms with Gasteiger partial charge in [0.05, 0.1) is 22.2 Å². The summed E-state index contributed by atoms with van der Waals surface area (Å²) < 4.78 is 0. The number of nitrogens with zero attached hydrogens (tertiary/aromatic N) is 4. The zero-order valence-electron chi connectivity index (χ0n) is 9.07. The molecule has 0 aliphatic rings. The monoisotopic (exact) mass is 241 g/mol. The lowest BCUT2D eigenvalue weighted by Crippen LogP contribution is -1.97. The van der Waals surface area contributed by atoms with E-state index in [0.29, 0.717) is 17.1 Å². The lowest BCUT2D eigenvalue weighted by atomic mass is 10.2. The van der Waals surface area contributed by atoms with Crippen molar-refractivity contribution >= 4 is 17.2 Å². The van der Waals surface area contributed by atoms with E-state index < -0.39 is 4.92 Å². The molecule has 0 bridgehead atoms. The third-order valence-corrected chi connectivity index (χ3v) is 2.16. The molecular weight excluding hydrogens is 234 g/mol. The molecule has 0 unspecified atom stereocenters. The van der Waals surface area contributed by atoms with Crippen LogP contribution in [0.3, 0.4) is 0 Å². The van der Waals surface area contributed by atoms with Gasteiger partial charge >= 0.3 is 0 Å². The highest BCUT2D eigenvalue weighted by Gasteiger charge is 2.08. The smallest absolute Gasteiger partial charge is 0.274 e. The van der Waals surface area contributed by atoms with Crippen LogP contribution in [0, 0.1) is 21.4 Å². The summed E-state index contributed by atoms with van der Waals surface area (Å²) in [4.78, 5) is 17.9. The van der Waals surface area contributed by atoms with Crippen LogP contribution in [-0.2, 0) is 0 Å². The van der Waals surface area contributed by atoms with Crippen molar-refractivity contribution in [2.45, 2.75) is 0 Å². The van der Waals surface area contributed by atoms with Crippen LogP contribution in [0.2, 0.25) is 0 Å². The van der Waals surface area contributed by atoms with Crippen molar-refractivity contribution in [3.05, 3.63) is 52.5 Å². The highest BCUT2D eigenvalue weighted by molar-refractivity contribution is 5.64. The fourth-order valence-corrected chi connectivity index (χ4v) is 1.33. The molecule has 18 heavy (non-hydrogen) atoms. The number of anilines is 2. The van der Waals surface area contributed by atoms with Crippen molar-refractivity contribution < 1.29 is 4.92 Å². The maximum atomic E-state index is 10.6. The minimum atomic E-state index is -0.509. The second-order valence-electron chi connectivity index (χ2n) is 3.31. The van der Waals surface area contributed by atoms with E-state index in [9.17, 15) is 10.1 Å². The first kappa shape index (κ1) is 11.5. The molecule has 0 aliphatic carbocycles. The zero-order chi connectivity index (χ0) is 13.0. The van der Waals surface area contributed by atoms with E-state index in [2.05, 4.69) is 15.3 Å². The van der Waals surface area contributed by atoms with Crippen molar-refractivity contribution in [1.29, 1.82) is 5.26 Å². The average Bonchev–Trinajstić information content (AvgIpc) is 2.39. The van der Waals surface area contributed by atoms with Crippen LogP contribution >= 0.6 is 0 Å². The maximum absolute atomic E-state index is 10.6. The third-order valence-electron chi connectivity index (χ3n) is 2.16. The van der Waals surface area contributed by atoms with E-state index in [1.54, 1.807) is 6.07 Å². The number of hydrogen-bond acceptors (Lipinski definition) is 6. The molecule has 1 N–H and O–H groups in total. The molecule has 0 atom stereocenters. The van der Waals surface area contributed by atoms with Crippen LogP contribution in [0.1, 0.15) is 5.56 Å². The first-order valence-corrected chi connectivity index (χ1v) is 4.92. The Labute approximate surface area is 102 Å². The minimum absolute atomic E-state index is 0.0694. The minimum Gasteiger partial charge on any atom is -0.339 e. The van der Waals surface area contributed by atoms with Crippen molar-refractivity contribution in [3.63, 3.8) is 0 Å². The molecular formula is C11H7N5O2. The Morgan fingerprint density at radius 2 is 2.22 bits per heavy atom. The zero-order valence-corrected chi connectivity index (χ0v) is 9.07. The summed E-state index contributed by atoms with van der Waals surface area (Å²) in [5.74, 6) is 0.298. The van der Waals surface area contributed by atoms with Gasteiger partial charge in [-0.05, 0) is 6.07 Å². The Balaban J connectivity index is 2.32. The van der Waals surface area contributed by atoms with Crippen molar-refractivity contribution in [1.82, 2.24) is 9.97 Å². The fourth-order valence-electron chi connectivity index (χ4n) is 1.33. The van der Waals surface area contributed by atoms with Gasteiger partial charge in [0.1, 0.15) is 11.9 Å². The Bertz CT molecular complexity index is 635. The van der Waals surface area contributed by atoms with Crippen molar-refractivity contribution in [2.24, 2.45) is 0 Å². The molecule has 2 aromatic heterocycles. The summed E-state index contributed by atoms with van der Waals surface area (Å²) in [5.41, 5.74) is 0.770. The van der Waals surface area contributed by atoms with Gasteiger partial charge < -0.3 is 5.32 Å². The van der Waals surface area contributed by atoms with E-state index in [1.165, 1.54) is 30.7 Å². The molecule has 2 rings (SSSR count). The van der Waals surface area contributed by atoms with Crippen molar-refractivity contribution in [3.8, 4) is 6.07 Å². The number of pyridine rings is 2. The quantitative estimate of drug-likeness (QED) is 0.650. The predicted molar refractivity (Wildman–Crippen MR) is 63.1 cm³/mol. The number of hydrogen-bond donors (Lipinski definition) is 1. The summed E-state index contributed by atoms with van der Waals surface area (Å²) in [6.07, 6.45) is 4.24. The van der Waals surface area contributed by atoms with Crippen LogP contribution in [0.25, 0.3) is 0 Å². The molecule has 7 heteroatoms. The number of aromatic nitrogens is 2. The molecule has 0 saturated heterocycles. The normalized spacial score (nSPS) is 9.50. The van der Waals surface area contributed by atoms with Gasteiger partial charge in [-0.25, -0.2) is 4.98 Å². The molecule has 0 spiro atoms. The molecule has 0 aromatic carbocycles. The van der Waals surface area contributed by atoms with E-state index in [4.69, 9.17) is 5.26 Å². The third kappa shape index (κ3) is 2.38. The fraction of sp³-hybridized carbons (Fsp3) is 0. The lowest BCUT2D eigenvalue weighted by Gasteiger charge is -2.05. The summed E-state index contributed by atoms with van der Waals surface area (Å²) in [6, 6.07) is 6.15.